The maximum atomic E-state index is 3.74. The van der Waals surface area contributed by atoms with E-state index in [0.29, 0.717) is 0 Å². The Balaban J connectivity index is -0.000000439. The van der Waals surface area contributed by atoms with E-state index in [1.807, 2.05) is 65.0 Å². The van der Waals surface area contributed by atoms with Gasteiger partial charge < -0.3 is 0 Å². The molecule has 0 aromatic rings. The molecule has 0 saturated carbocycles. The van der Waals surface area contributed by atoms with Gasteiger partial charge in [-0.1, -0.05) is 90.0 Å². The molecule has 96 valence electrons. The van der Waals surface area contributed by atoms with Crippen LogP contribution in [0.15, 0.2) is 73.4 Å². The van der Waals surface area contributed by atoms with E-state index < -0.39 is 0 Å². The summed E-state index contributed by atoms with van der Waals surface area (Å²) in [6.45, 7) is 21.0. The molecule has 0 saturated heterocycles. The van der Waals surface area contributed by atoms with Gasteiger partial charge in [-0.3, -0.25) is 0 Å². The van der Waals surface area contributed by atoms with E-state index in [1.165, 1.54) is 0 Å². The van der Waals surface area contributed by atoms with Crippen molar-refractivity contribution in [2.45, 2.75) is 34.6 Å². The molecule has 0 aliphatic heterocycles. The van der Waals surface area contributed by atoms with Gasteiger partial charge in [-0.25, -0.2) is 0 Å². The van der Waals surface area contributed by atoms with E-state index in [0.717, 1.165) is 11.1 Å². The largest absolute Gasteiger partial charge is 0.0991 e. The maximum absolute atomic E-state index is 3.74. The van der Waals surface area contributed by atoms with Crippen LogP contribution >= 0.6 is 0 Å². The van der Waals surface area contributed by atoms with Gasteiger partial charge in [-0.05, 0) is 18.1 Å². The Hall–Kier alpha value is -1.56. The minimum atomic E-state index is 1.10. The quantitative estimate of drug-likeness (QED) is 0.508. The lowest BCUT2D eigenvalue weighted by atomic mass is 10.1. The molecule has 0 nitrogen and oxygen atoms in total. The average molecular weight is 232 g/mol. The van der Waals surface area contributed by atoms with E-state index in [9.17, 15) is 0 Å². The lowest BCUT2D eigenvalue weighted by Crippen LogP contribution is -1.76. The minimum absolute atomic E-state index is 1.10. The highest BCUT2D eigenvalue weighted by atomic mass is 13.9. The molecule has 0 atom stereocenters. The van der Waals surface area contributed by atoms with E-state index in [2.05, 4.69) is 19.7 Å². The first-order chi connectivity index (χ1) is 8.26. The van der Waals surface area contributed by atoms with Gasteiger partial charge in [-0.2, -0.15) is 0 Å². The van der Waals surface area contributed by atoms with E-state index in [4.69, 9.17) is 0 Å². The molecule has 0 N–H and O–H groups in total. The Morgan fingerprint density at radius 2 is 1.18 bits per heavy atom. The Morgan fingerprint density at radius 3 is 1.53 bits per heavy atom. The zero-order valence-corrected chi connectivity index (χ0v) is 12.2. The van der Waals surface area contributed by atoms with Gasteiger partial charge in [0.2, 0.25) is 0 Å². The summed E-state index contributed by atoms with van der Waals surface area (Å²) < 4.78 is 0. The topological polar surface area (TPSA) is 0 Å². The van der Waals surface area contributed by atoms with Gasteiger partial charge in [0.1, 0.15) is 0 Å². The summed E-state index contributed by atoms with van der Waals surface area (Å²) in [7, 11) is 0. The first-order valence-corrected chi connectivity index (χ1v) is 6.17. The average Bonchev–Trinajstić information content (AvgIpc) is 2.41. The number of allylic oxidation sites excluding steroid dienone is 9. The normalized spacial score (nSPS) is 10.6. The van der Waals surface area contributed by atoms with Crippen LogP contribution in [0.2, 0.25) is 0 Å². The second kappa shape index (κ2) is 19.9. The molecular weight excluding hydrogens is 204 g/mol. The fourth-order valence-electron chi connectivity index (χ4n) is 0.841. The van der Waals surface area contributed by atoms with Gasteiger partial charge in [0, 0.05) is 0 Å². The van der Waals surface area contributed by atoms with Crippen molar-refractivity contribution in [3.8, 4) is 0 Å². The molecule has 0 aromatic carbocycles. The van der Waals surface area contributed by atoms with Crippen LogP contribution in [0, 0.1) is 0 Å². The molecule has 0 rings (SSSR count). The van der Waals surface area contributed by atoms with Crippen LogP contribution in [0.25, 0.3) is 0 Å². The van der Waals surface area contributed by atoms with Crippen molar-refractivity contribution in [2.24, 2.45) is 0 Å². The molecular formula is C17H28. The molecule has 0 heterocycles. The van der Waals surface area contributed by atoms with Crippen LogP contribution in [-0.4, -0.2) is 0 Å². The zero-order valence-electron chi connectivity index (χ0n) is 12.2. The van der Waals surface area contributed by atoms with Crippen molar-refractivity contribution in [1.29, 1.82) is 0 Å². The van der Waals surface area contributed by atoms with Crippen LogP contribution in [-0.2, 0) is 0 Å². The molecule has 0 aliphatic rings. The molecule has 0 radical (unpaired) electrons. The first-order valence-electron chi connectivity index (χ1n) is 6.17. The van der Waals surface area contributed by atoms with Gasteiger partial charge >= 0.3 is 0 Å². The maximum Gasteiger partial charge on any atom is -0.0233 e. The van der Waals surface area contributed by atoms with E-state index in [-0.39, 0.29) is 0 Å². The zero-order chi connectivity index (χ0) is 14.1. The van der Waals surface area contributed by atoms with Gasteiger partial charge in [0.05, 0.1) is 0 Å². The predicted octanol–water partition coefficient (Wildman–Crippen LogP) is 6.03. The number of rotatable bonds is 5. The third-order valence-electron chi connectivity index (χ3n) is 1.57. The molecule has 0 aromatic heterocycles. The summed E-state index contributed by atoms with van der Waals surface area (Å²) in [5, 5.41) is 0. The number of hydrogen-bond acceptors (Lipinski definition) is 0. The summed E-state index contributed by atoms with van der Waals surface area (Å²) in [4.78, 5) is 0. The van der Waals surface area contributed by atoms with Gasteiger partial charge in [0.25, 0.3) is 0 Å². The Labute approximate surface area is 108 Å². The van der Waals surface area contributed by atoms with Crippen LogP contribution < -0.4 is 0 Å². The van der Waals surface area contributed by atoms with E-state index in [1.54, 1.807) is 12.2 Å². The summed E-state index contributed by atoms with van der Waals surface area (Å²) in [6, 6.07) is 0. The van der Waals surface area contributed by atoms with Crippen LogP contribution in [0.3, 0.4) is 0 Å². The molecule has 0 aliphatic carbocycles. The smallest absolute Gasteiger partial charge is 0.0233 e. The highest BCUT2D eigenvalue weighted by Crippen LogP contribution is 2.08. The molecule has 17 heavy (non-hydrogen) atoms. The summed E-state index contributed by atoms with van der Waals surface area (Å²) in [6.07, 6.45) is 13.1. The van der Waals surface area contributed by atoms with Crippen molar-refractivity contribution in [1.82, 2.24) is 0 Å². The second-order valence-electron chi connectivity index (χ2n) is 2.53. The van der Waals surface area contributed by atoms with Crippen molar-refractivity contribution in [3.05, 3.63) is 73.4 Å². The molecule has 0 amide bonds. The minimum Gasteiger partial charge on any atom is -0.0991 e. The standard InChI is InChI=1S/C13H16.2C2H6/c1-5-8-10-12(4)13(7-3)11-9-6-2;2*1-2/h5-11H,1-3H2,4H3;2*1-2H3/b10-8-,11-9-,13-12+;;. The highest BCUT2D eigenvalue weighted by molar-refractivity contribution is 5.40. The predicted molar refractivity (Wildman–Crippen MR) is 84.3 cm³/mol. The van der Waals surface area contributed by atoms with E-state index >= 15 is 0 Å². The van der Waals surface area contributed by atoms with Crippen molar-refractivity contribution < 1.29 is 0 Å². The summed E-state index contributed by atoms with van der Waals surface area (Å²) >= 11 is 0. The lowest BCUT2D eigenvalue weighted by Gasteiger charge is -1.96. The van der Waals surface area contributed by atoms with Gasteiger partial charge in [0.15, 0.2) is 0 Å². The molecule has 0 heteroatoms. The summed E-state index contributed by atoms with van der Waals surface area (Å²) in [5.41, 5.74) is 2.26. The molecule has 0 unspecified atom stereocenters. The molecule has 0 fully saturated rings. The number of hydrogen-bond donors (Lipinski definition) is 0. The van der Waals surface area contributed by atoms with Crippen LogP contribution in [0.4, 0.5) is 0 Å². The fourth-order valence-corrected chi connectivity index (χ4v) is 0.841. The highest BCUT2D eigenvalue weighted by Gasteiger charge is 1.88. The Kier molecular flexibility index (Phi) is 24.4. The fraction of sp³-hybridized carbons (Fsp3) is 0.294. The SMILES string of the molecule is C=C\C=C/C(C)=C(C=C)/C=C\C=C.CC.CC. The summed E-state index contributed by atoms with van der Waals surface area (Å²) in [5.74, 6) is 0. The third-order valence-corrected chi connectivity index (χ3v) is 1.57. The first kappa shape index (κ1) is 20.8. The molecule has 0 bridgehead atoms. The second-order valence-corrected chi connectivity index (χ2v) is 2.53. The lowest BCUT2D eigenvalue weighted by molar-refractivity contribution is 1.45. The monoisotopic (exact) mass is 232 g/mol. The van der Waals surface area contributed by atoms with Gasteiger partial charge in [-0.15, -0.1) is 0 Å². The van der Waals surface area contributed by atoms with Crippen molar-refractivity contribution in [3.63, 3.8) is 0 Å². The van der Waals surface area contributed by atoms with Crippen LogP contribution in [0.5, 0.6) is 0 Å². The van der Waals surface area contributed by atoms with Crippen LogP contribution in [0.1, 0.15) is 34.6 Å². The third kappa shape index (κ3) is 14.4. The molecule has 0 spiro atoms. The van der Waals surface area contributed by atoms with Crippen molar-refractivity contribution in [2.75, 3.05) is 0 Å². The Bertz CT molecular complexity index is 272. The van der Waals surface area contributed by atoms with Crippen molar-refractivity contribution >= 4 is 0 Å². The Morgan fingerprint density at radius 1 is 0.765 bits per heavy atom.